The van der Waals surface area contributed by atoms with Crippen LogP contribution in [-0.4, -0.2) is 273 Å². The molecule has 3 aromatic carbocycles. The zero-order chi connectivity index (χ0) is 82.8. The maximum atomic E-state index is 15.4. The number of anilines is 9. The van der Waals surface area contributed by atoms with Crippen LogP contribution in [0.2, 0.25) is 0 Å². The quantitative estimate of drug-likeness (QED) is 0.0395. The number of likely N-dealkylation sites (N-methyl/N-ethyl adjacent to an activating group) is 2. The highest BCUT2D eigenvalue weighted by Crippen LogP contribution is 2.39. The zero-order valence-corrected chi connectivity index (χ0v) is 67.2. The van der Waals surface area contributed by atoms with Crippen LogP contribution in [0.1, 0.15) is 55.1 Å². The van der Waals surface area contributed by atoms with Crippen molar-refractivity contribution in [3.63, 3.8) is 0 Å². The fraction of sp³-hybridized carbons (Fsp3) is 0.357. The number of morpholine rings is 3. The molecule has 0 saturated carbocycles. The lowest BCUT2D eigenvalue weighted by Gasteiger charge is -2.35. The van der Waals surface area contributed by atoms with E-state index in [9.17, 15) is 14.4 Å². The third-order valence-electron chi connectivity index (χ3n) is 21.6. The number of aromatic amines is 3. The first-order valence-corrected chi connectivity index (χ1v) is 40.1. The Hall–Kier alpha value is -12.9. The molecule has 15 heterocycles. The van der Waals surface area contributed by atoms with Crippen LogP contribution in [0, 0.1) is 38.2 Å². The van der Waals surface area contributed by atoms with Gasteiger partial charge in [-0.05, 0) is 125 Å². The van der Waals surface area contributed by atoms with Gasteiger partial charge in [-0.3, -0.25) is 14.4 Å². The molecule has 6 aliphatic rings. The van der Waals surface area contributed by atoms with E-state index in [1.54, 1.807) is 63.5 Å². The summed E-state index contributed by atoms with van der Waals surface area (Å²) in [7, 11) is 2.12. The summed E-state index contributed by atoms with van der Waals surface area (Å²) in [6.07, 6.45) is 9.25. The Balaban J connectivity index is 0.000000134. The predicted molar refractivity (Wildman–Crippen MR) is 447 cm³/mol. The highest BCUT2D eigenvalue weighted by Gasteiger charge is 2.33. The van der Waals surface area contributed by atoms with Crippen molar-refractivity contribution in [2.75, 3.05) is 202 Å². The molecule has 624 valence electrons. The van der Waals surface area contributed by atoms with E-state index in [1.807, 2.05) is 63.4 Å². The van der Waals surface area contributed by atoms with Crippen molar-refractivity contribution in [3.05, 3.63) is 180 Å². The molecule has 0 spiro atoms. The van der Waals surface area contributed by atoms with Gasteiger partial charge in [0.25, 0.3) is 17.7 Å². The molecular weight excluding hydrogens is 1550 g/mol. The van der Waals surface area contributed by atoms with Crippen LogP contribution < -0.4 is 50.2 Å². The van der Waals surface area contributed by atoms with Crippen molar-refractivity contribution in [3.8, 4) is 34.9 Å². The van der Waals surface area contributed by atoms with Crippen LogP contribution in [0.25, 0.3) is 32.7 Å². The number of ether oxygens (including phenoxy) is 6. The minimum absolute atomic E-state index is 0.0391. The predicted octanol–water partition coefficient (Wildman–Crippen LogP) is 10.7. The van der Waals surface area contributed by atoms with Crippen molar-refractivity contribution in [2.24, 2.45) is 0 Å². The van der Waals surface area contributed by atoms with Crippen LogP contribution in [0.15, 0.2) is 129 Å². The fourth-order valence-electron chi connectivity index (χ4n) is 15.0. The average molecular weight is 1640 g/mol. The van der Waals surface area contributed by atoms with Crippen molar-refractivity contribution in [1.29, 1.82) is 0 Å². The van der Waals surface area contributed by atoms with Gasteiger partial charge in [0.2, 0.25) is 17.6 Å². The molecule has 6 aliphatic heterocycles. The monoisotopic (exact) mass is 1640 g/mol. The van der Waals surface area contributed by atoms with Crippen LogP contribution in [0.4, 0.5) is 65.1 Å². The maximum Gasteiger partial charge on any atom is 0.263 e. The van der Waals surface area contributed by atoms with Crippen molar-refractivity contribution in [1.82, 2.24) is 89.6 Å². The van der Waals surface area contributed by atoms with Gasteiger partial charge in [-0.15, -0.1) is 0 Å². The Morgan fingerprint density at radius 1 is 0.400 bits per heavy atom. The number of nitrogens with one attached hydrogen (secondary N) is 7. The number of hydrogen-bond donors (Lipinski definition) is 7. The molecule has 33 nitrogen and oxygen atoms in total. The second-order valence-corrected chi connectivity index (χ2v) is 29.6. The van der Waals surface area contributed by atoms with Crippen LogP contribution in [-0.2, 0) is 14.2 Å². The minimum atomic E-state index is -0.542. The average Bonchev–Trinajstić information content (AvgIpc) is 1.41. The van der Waals surface area contributed by atoms with Gasteiger partial charge in [-0.25, -0.2) is 58.0 Å². The first-order valence-electron chi connectivity index (χ1n) is 40.1. The van der Waals surface area contributed by atoms with Gasteiger partial charge in [-0.1, -0.05) is 6.92 Å². The molecule has 36 heteroatoms. The second-order valence-electron chi connectivity index (χ2n) is 29.6. The number of carbonyl (C=O) groups is 3. The van der Waals surface area contributed by atoms with E-state index < -0.39 is 17.5 Å². The smallest absolute Gasteiger partial charge is 0.263 e. The molecule has 12 aromatic rings. The molecule has 3 amide bonds. The molecule has 0 unspecified atom stereocenters. The summed E-state index contributed by atoms with van der Waals surface area (Å²) in [6.45, 7) is 25.2. The van der Waals surface area contributed by atoms with Gasteiger partial charge >= 0.3 is 0 Å². The van der Waals surface area contributed by atoms with Crippen LogP contribution in [0.5, 0.6) is 34.9 Å². The Labute approximate surface area is 688 Å². The highest BCUT2D eigenvalue weighted by molar-refractivity contribution is 6.03. The third-order valence-corrected chi connectivity index (χ3v) is 21.6. The second kappa shape index (κ2) is 37.0. The summed E-state index contributed by atoms with van der Waals surface area (Å²) < 4.78 is 80.3. The number of aromatic nitrogens is 12. The van der Waals surface area contributed by atoms with Gasteiger partial charge < -0.3 is 104 Å². The fourth-order valence-corrected chi connectivity index (χ4v) is 15.0. The minimum Gasteiger partial charge on any atom is -0.435 e. The number of amides is 3. The number of halogens is 3. The lowest BCUT2D eigenvalue weighted by Crippen LogP contribution is -2.46. The molecule has 120 heavy (non-hydrogen) atoms. The number of H-pyrrole nitrogens is 3. The van der Waals surface area contributed by atoms with Crippen molar-refractivity contribution >= 4 is 102 Å². The number of nitrogens with zero attached hydrogens (tertiary/aromatic N) is 17. The molecule has 0 aliphatic carbocycles. The SMILES string of the molecule is CCN1CCN(c2ccc(Nc3ncnc(Oc4ccc5[nH]c(C)cc5c4F)c3C(=O)N3CCOCC3)nc2)CC1.Cc1cc2c(F)c(Oc3ncnc(Nc4ccc(N5CCN(C)CC5)cn4)c3C(=O)N3CCOCC3)ccc2[nH]1.Cc1cc2c(F)c(Oc3ncnc(Nc4ccc(N5CCNCC5)cn4)c3C(=O)N3CCOCC3)ccc2[nH]1. The standard InChI is InChI=1S/C29H33FN8O3.C28H31FN8O3.C27H29FN8O3/c1-3-36-8-10-37(11-9-36)20-4-7-24(31-17-20)35-27-25(29(39)38-12-14-40-15-13-38)28(33-18-32-27)41-23-6-5-22-21(26(23)30)16-19(2)34-22;1-18-15-20-21(33-18)4-5-22(25(20)29)40-27-24(28(38)37-11-13-39-14-12-37)26(31-17-32-27)34-23-6-3-19(16-30-23)36-9-7-35(2)8-10-36;1-17-14-19-20(33-17)3-4-21(24(19)28)39-26-23(27(37)36-10-12-38-13-11-36)25(31-16-32-26)34-22-5-2-18(15-30-22)35-8-6-29-7-9-35/h4-7,16-18,34H,3,8-15H2,1-2H3,(H,31,32,33,35);3-6,15-17,33H,7-14H2,1-2H3,(H,30,31,32,34);2-5,14-16,29,33H,6-13H2,1H3,(H,30,31,32,34). The number of aryl methyl sites for hydroxylation is 3. The number of carbonyl (C=O) groups excluding carboxylic acids is 3. The van der Waals surface area contributed by atoms with Gasteiger partial charge in [0.1, 0.15) is 53.1 Å². The van der Waals surface area contributed by atoms with E-state index in [-0.39, 0.29) is 86.8 Å². The number of fused-ring (bicyclic) bond motifs is 3. The molecule has 18 rings (SSSR count). The van der Waals surface area contributed by atoms with Crippen molar-refractivity contribution < 1.29 is 56.0 Å². The largest absolute Gasteiger partial charge is 0.435 e. The topological polar surface area (TPSA) is 344 Å². The number of pyridine rings is 3. The van der Waals surface area contributed by atoms with Crippen LogP contribution in [0.3, 0.4) is 0 Å². The van der Waals surface area contributed by atoms with Gasteiger partial charge in [0, 0.05) is 168 Å². The summed E-state index contributed by atoms with van der Waals surface area (Å²) >= 11 is 0. The first-order chi connectivity index (χ1) is 58.5. The van der Waals surface area contributed by atoms with E-state index in [0.29, 0.717) is 129 Å². The van der Waals surface area contributed by atoms with E-state index in [1.165, 1.54) is 37.2 Å². The lowest BCUT2D eigenvalue weighted by molar-refractivity contribution is 0.0299. The molecule has 6 saturated heterocycles. The molecule has 9 aromatic heterocycles. The number of benzene rings is 3. The summed E-state index contributed by atoms with van der Waals surface area (Å²) in [6, 6.07) is 26.4. The Kier molecular flexibility index (Phi) is 24.9. The third kappa shape index (κ3) is 18.5. The molecule has 7 N–H and O–H groups in total. The van der Waals surface area contributed by atoms with E-state index in [2.05, 4.69) is 120 Å². The first kappa shape index (κ1) is 80.9. The Morgan fingerprint density at radius 3 is 1.02 bits per heavy atom. The maximum absolute atomic E-state index is 15.4. The normalized spacial score (nSPS) is 16.2. The summed E-state index contributed by atoms with van der Waals surface area (Å²) in [5.41, 5.74) is 7.82. The molecule has 0 bridgehead atoms. The summed E-state index contributed by atoms with van der Waals surface area (Å²) in [5, 5.41) is 14.0. The van der Waals surface area contributed by atoms with Crippen LogP contribution >= 0.6 is 0 Å². The zero-order valence-electron chi connectivity index (χ0n) is 67.2. The summed E-state index contributed by atoms with van der Waals surface area (Å²) in [4.78, 5) is 107. The summed E-state index contributed by atoms with van der Waals surface area (Å²) in [5.74, 6) is -0.710. The number of rotatable bonds is 19. The van der Waals surface area contributed by atoms with Gasteiger partial charge in [0.15, 0.2) is 52.2 Å². The molecule has 0 atom stereocenters. The lowest BCUT2D eigenvalue weighted by atomic mass is 10.2. The van der Waals surface area contributed by atoms with Gasteiger partial charge in [-0.2, -0.15) is 0 Å². The van der Waals surface area contributed by atoms with Gasteiger partial charge in [0.05, 0.1) is 75.3 Å². The highest BCUT2D eigenvalue weighted by atomic mass is 19.1. The number of piperazine rings is 3. The van der Waals surface area contributed by atoms with E-state index in [4.69, 9.17) is 28.4 Å². The Bertz CT molecular complexity index is 5610. The van der Waals surface area contributed by atoms with E-state index >= 15 is 13.2 Å². The molecule has 0 radical (unpaired) electrons. The number of hydrogen-bond acceptors (Lipinski definition) is 27. The molecule has 6 fully saturated rings. The van der Waals surface area contributed by atoms with E-state index in [0.717, 1.165) is 119 Å². The Morgan fingerprint density at radius 2 is 0.717 bits per heavy atom. The van der Waals surface area contributed by atoms with Crippen molar-refractivity contribution in [2.45, 2.75) is 27.7 Å². The molecular formula is C84H93F3N24O9.